The molecule has 0 saturated heterocycles. The van der Waals surface area contributed by atoms with Crippen LogP contribution in [0.25, 0.3) is 11.0 Å². The topological polar surface area (TPSA) is 84.3 Å². The highest BCUT2D eigenvalue weighted by Crippen LogP contribution is 2.22. The van der Waals surface area contributed by atoms with Crippen molar-refractivity contribution < 1.29 is 13.2 Å². The van der Waals surface area contributed by atoms with E-state index in [1.54, 1.807) is 18.2 Å². The number of rotatable bonds is 9. The van der Waals surface area contributed by atoms with Gasteiger partial charge in [-0.05, 0) is 38.0 Å². The Hall–Kier alpha value is -1.93. The van der Waals surface area contributed by atoms with E-state index in [1.165, 1.54) is 18.4 Å². The third kappa shape index (κ3) is 4.68. The van der Waals surface area contributed by atoms with Gasteiger partial charge >= 0.3 is 0 Å². The van der Waals surface area contributed by atoms with Crippen LogP contribution in [0.2, 0.25) is 0 Å². The molecule has 0 unspecified atom stereocenters. The van der Waals surface area contributed by atoms with Crippen molar-refractivity contribution in [2.75, 3.05) is 14.1 Å². The Bertz CT molecular complexity index is 899. The fourth-order valence-electron chi connectivity index (χ4n) is 3.09. The molecule has 1 amide bonds. The maximum Gasteiger partial charge on any atom is 0.242 e. The number of sulfonamides is 1. The molecule has 0 saturated carbocycles. The Labute approximate surface area is 161 Å². The molecule has 0 aliphatic rings. The molecule has 0 bridgehead atoms. The van der Waals surface area contributed by atoms with E-state index in [0.29, 0.717) is 24.9 Å². The summed E-state index contributed by atoms with van der Waals surface area (Å²) in [7, 11) is -0.488. The minimum atomic E-state index is -3.50. The summed E-state index contributed by atoms with van der Waals surface area (Å²) in [4.78, 5) is 17.0. The normalized spacial score (nSPS) is 12.3. The summed E-state index contributed by atoms with van der Waals surface area (Å²) < 4.78 is 27.9. The second kappa shape index (κ2) is 8.84. The molecule has 0 spiro atoms. The van der Waals surface area contributed by atoms with Crippen LogP contribution in [0.1, 0.15) is 45.9 Å². The zero-order valence-corrected chi connectivity index (χ0v) is 17.6. The van der Waals surface area contributed by atoms with E-state index in [4.69, 9.17) is 0 Å². The molecule has 1 N–H and O–H groups in total. The number of nitrogens with zero attached hydrogens (tertiary/aromatic N) is 3. The lowest BCUT2D eigenvalue weighted by molar-refractivity contribution is -0.121. The van der Waals surface area contributed by atoms with E-state index in [0.717, 1.165) is 24.2 Å². The molecule has 2 aromatic rings. The first kappa shape index (κ1) is 21.4. The molecule has 1 aromatic heterocycles. The van der Waals surface area contributed by atoms with Crippen molar-refractivity contribution in [2.45, 2.75) is 63.9 Å². The van der Waals surface area contributed by atoms with Crippen molar-refractivity contribution in [3.05, 3.63) is 24.0 Å². The molecular formula is C19H30N4O3S. The molecule has 1 aromatic carbocycles. The summed E-state index contributed by atoms with van der Waals surface area (Å²) in [6, 6.07) is 5.21. The number of hydrogen-bond acceptors (Lipinski definition) is 4. The summed E-state index contributed by atoms with van der Waals surface area (Å²) in [6.07, 6.45) is 2.71. The summed E-state index contributed by atoms with van der Waals surface area (Å²) in [5.41, 5.74) is 1.51. The predicted octanol–water partition coefficient (Wildman–Crippen LogP) is 2.54. The fraction of sp³-hybridized carbons (Fsp3) is 0.579. The molecule has 0 radical (unpaired) electrons. The quantitative estimate of drug-likeness (QED) is 0.708. The summed E-state index contributed by atoms with van der Waals surface area (Å²) in [6.45, 7) is 6.84. The predicted molar refractivity (Wildman–Crippen MR) is 107 cm³/mol. The lowest BCUT2D eigenvalue weighted by Gasteiger charge is -2.14. The summed E-state index contributed by atoms with van der Waals surface area (Å²) in [5, 5.41) is 3.04. The van der Waals surface area contributed by atoms with Crippen LogP contribution in [0.15, 0.2) is 23.1 Å². The number of amides is 1. The average molecular weight is 395 g/mol. The molecule has 2 rings (SSSR count). The van der Waals surface area contributed by atoms with Gasteiger partial charge in [-0.25, -0.2) is 17.7 Å². The second-order valence-electron chi connectivity index (χ2n) is 6.79. The molecule has 150 valence electrons. The Morgan fingerprint density at radius 2 is 1.89 bits per heavy atom. The first-order valence-corrected chi connectivity index (χ1v) is 10.9. The number of imidazole rings is 1. The van der Waals surface area contributed by atoms with Gasteiger partial charge in [-0.2, -0.15) is 0 Å². The van der Waals surface area contributed by atoms with Crippen LogP contribution in [0.3, 0.4) is 0 Å². The zero-order valence-electron chi connectivity index (χ0n) is 16.8. The Morgan fingerprint density at radius 1 is 1.22 bits per heavy atom. The first-order valence-electron chi connectivity index (χ1n) is 9.45. The zero-order chi connectivity index (χ0) is 20.2. The van der Waals surface area contributed by atoms with E-state index in [9.17, 15) is 13.2 Å². The summed E-state index contributed by atoms with van der Waals surface area (Å²) >= 11 is 0. The van der Waals surface area contributed by atoms with E-state index >= 15 is 0 Å². The van der Waals surface area contributed by atoms with Gasteiger partial charge in [0.2, 0.25) is 15.9 Å². The number of benzene rings is 1. The Morgan fingerprint density at radius 3 is 2.44 bits per heavy atom. The molecular weight excluding hydrogens is 364 g/mol. The van der Waals surface area contributed by atoms with Crippen molar-refractivity contribution in [1.29, 1.82) is 0 Å². The number of aromatic nitrogens is 2. The van der Waals surface area contributed by atoms with Gasteiger partial charge in [0, 0.05) is 39.5 Å². The van der Waals surface area contributed by atoms with Crippen LogP contribution in [-0.2, 0) is 27.8 Å². The van der Waals surface area contributed by atoms with Crippen LogP contribution < -0.4 is 5.32 Å². The number of carbonyl (C=O) groups is 1. The Kier molecular flexibility index (Phi) is 7.00. The summed E-state index contributed by atoms with van der Waals surface area (Å²) in [5.74, 6) is 0.820. The van der Waals surface area contributed by atoms with Crippen LogP contribution >= 0.6 is 0 Å². The van der Waals surface area contributed by atoms with Gasteiger partial charge in [-0.3, -0.25) is 4.79 Å². The van der Waals surface area contributed by atoms with Crippen molar-refractivity contribution in [3.63, 3.8) is 0 Å². The minimum absolute atomic E-state index is 0.0225. The molecule has 0 aliphatic carbocycles. The number of aryl methyl sites for hydroxylation is 2. The van der Waals surface area contributed by atoms with Gasteiger partial charge in [0.1, 0.15) is 5.82 Å². The first-order chi connectivity index (χ1) is 12.7. The van der Waals surface area contributed by atoms with Gasteiger partial charge in [-0.1, -0.05) is 13.8 Å². The monoisotopic (exact) mass is 394 g/mol. The SMILES string of the molecule is CCC(CC)NC(=O)CCc1nc2cc(S(=O)(=O)N(C)C)ccc2n1CC. The smallest absolute Gasteiger partial charge is 0.242 e. The number of nitrogens with one attached hydrogen (secondary N) is 1. The maximum atomic E-state index is 12.3. The van der Waals surface area contributed by atoms with Gasteiger partial charge in [0.05, 0.1) is 15.9 Å². The lowest BCUT2D eigenvalue weighted by Crippen LogP contribution is -2.34. The van der Waals surface area contributed by atoms with E-state index in [1.807, 2.05) is 11.5 Å². The van der Waals surface area contributed by atoms with E-state index < -0.39 is 10.0 Å². The van der Waals surface area contributed by atoms with Gasteiger partial charge < -0.3 is 9.88 Å². The molecule has 27 heavy (non-hydrogen) atoms. The highest BCUT2D eigenvalue weighted by atomic mass is 32.2. The van der Waals surface area contributed by atoms with Crippen molar-refractivity contribution >= 4 is 27.0 Å². The number of hydrogen-bond donors (Lipinski definition) is 1. The maximum absolute atomic E-state index is 12.3. The molecule has 7 nitrogen and oxygen atoms in total. The highest BCUT2D eigenvalue weighted by molar-refractivity contribution is 7.89. The largest absolute Gasteiger partial charge is 0.353 e. The minimum Gasteiger partial charge on any atom is -0.353 e. The Balaban J connectivity index is 2.26. The van der Waals surface area contributed by atoms with Crippen LogP contribution in [0, 0.1) is 0 Å². The molecule has 0 fully saturated rings. The average Bonchev–Trinajstić information content (AvgIpc) is 3.00. The lowest BCUT2D eigenvalue weighted by atomic mass is 10.1. The van der Waals surface area contributed by atoms with E-state index in [2.05, 4.69) is 24.1 Å². The van der Waals surface area contributed by atoms with Gasteiger partial charge in [0.25, 0.3) is 0 Å². The third-order valence-electron chi connectivity index (χ3n) is 4.82. The molecule has 1 heterocycles. The molecule has 8 heteroatoms. The van der Waals surface area contributed by atoms with Crippen molar-refractivity contribution in [1.82, 2.24) is 19.2 Å². The van der Waals surface area contributed by atoms with E-state index in [-0.39, 0.29) is 16.8 Å². The van der Waals surface area contributed by atoms with Gasteiger partial charge in [-0.15, -0.1) is 0 Å². The standard InChI is InChI=1S/C19H30N4O3S/c1-6-14(7-2)20-19(24)12-11-18-21-16-13-15(27(25,26)22(4)5)9-10-17(16)23(18)8-3/h9-10,13-14H,6-8,11-12H2,1-5H3,(H,20,24). The number of carbonyl (C=O) groups excluding carboxylic acids is 1. The molecule has 0 atom stereocenters. The third-order valence-corrected chi connectivity index (χ3v) is 6.63. The van der Waals surface area contributed by atoms with Crippen LogP contribution in [0.5, 0.6) is 0 Å². The fourth-order valence-corrected chi connectivity index (χ4v) is 4.01. The van der Waals surface area contributed by atoms with Crippen LogP contribution in [0.4, 0.5) is 0 Å². The second-order valence-corrected chi connectivity index (χ2v) is 8.94. The van der Waals surface area contributed by atoms with Crippen LogP contribution in [-0.4, -0.2) is 48.3 Å². The number of fused-ring (bicyclic) bond motifs is 1. The molecule has 0 aliphatic heterocycles. The van der Waals surface area contributed by atoms with Crippen molar-refractivity contribution in [3.8, 4) is 0 Å². The van der Waals surface area contributed by atoms with Crippen molar-refractivity contribution in [2.24, 2.45) is 0 Å². The highest BCUT2D eigenvalue weighted by Gasteiger charge is 2.20. The van der Waals surface area contributed by atoms with Gasteiger partial charge in [0.15, 0.2) is 0 Å².